The molecule has 3 rings (SSSR count). The van der Waals surface area contributed by atoms with Gasteiger partial charge >= 0.3 is 0 Å². The largest absolute Gasteiger partial charge is 0.369 e. The highest BCUT2D eigenvalue weighted by Gasteiger charge is 2.22. The molecule has 0 bridgehead atoms. The summed E-state index contributed by atoms with van der Waals surface area (Å²) in [7, 11) is 0. The third-order valence-electron chi connectivity index (χ3n) is 5.01. The molecule has 2 heterocycles. The standard InChI is InChI=1S/C20H24FN5O/c1-3-25-8-10-26(11-9-25)19-7-4-15(21)12-17(19)14(2)23-20(27)18-6-5-16(13-22)24-18/h4-7,12,14,24H,3,8-11H2,1-2H3,(H,23,27). The number of rotatable bonds is 5. The maximum atomic E-state index is 13.9. The first-order valence-corrected chi connectivity index (χ1v) is 9.18. The molecule has 142 valence electrons. The van der Waals surface area contributed by atoms with Gasteiger partial charge in [-0.25, -0.2) is 4.39 Å². The van der Waals surface area contributed by atoms with Crippen LogP contribution in [0.25, 0.3) is 0 Å². The van der Waals surface area contributed by atoms with Crippen LogP contribution in [-0.2, 0) is 0 Å². The second-order valence-corrected chi connectivity index (χ2v) is 6.72. The average Bonchev–Trinajstić information content (AvgIpc) is 3.17. The Morgan fingerprint density at radius 2 is 2.04 bits per heavy atom. The number of carbonyl (C=O) groups is 1. The first-order valence-electron chi connectivity index (χ1n) is 9.18. The van der Waals surface area contributed by atoms with E-state index in [1.54, 1.807) is 18.2 Å². The van der Waals surface area contributed by atoms with Crippen LogP contribution in [0.4, 0.5) is 10.1 Å². The SMILES string of the molecule is CCN1CCN(c2ccc(F)cc2C(C)NC(=O)c2ccc(C#N)[nH]2)CC1. The van der Waals surface area contributed by atoms with E-state index in [2.05, 4.69) is 27.0 Å². The number of nitriles is 1. The summed E-state index contributed by atoms with van der Waals surface area (Å²) in [6, 6.07) is 9.45. The van der Waals surface area contributed by atoms with Crippen molar-refractivity contribution < 1.29 is 9.18 Å². The molecule has 1 aliphatic heterocycles. The van der Waals surface area contributed by atoms with Gasteiger partial charge in [0.25, 0.3) is 5.91 Å². The molecule has 1 fully saturated rings. The van der Waals surface area contributed by atoms with Gasteiger partial charge in [0.05, 0.1) is 6.04 Å². The minimum Gasteiger partial charge on any atom is -0.369 e. The van der Waals surface area contributed by atoms with Gasteiger partial charge in [0.15, 0.2) is 0 Å². The molecule has 0 spiro atoms. The molecule has 1 unspecified atom stereocenters. The number of carbonyl (C=O) groups excluding carboxylic acids is 1. The van der Waals surface area contributed by atoms with Crippen LogP contribution < -0.4 is 10.2 Å². The number of benzene rings is 1. The second kappa shape index (κ2) is 8.23. The van der Waals surface area contributed by atoms with Crippen LogP contribution in [0.5, 0.6) is 0 Å². The van der Waals surface area contributed by atoms with Crippen molar-refractivity contribution >= 4 is 11.6 Å². The number of likely N-dealkylation sites (N-methyl/N-ethyl adjacent to an activating group) is 1. The third kappa shape index (κ3) is 4.29. The van der Waals surface area contributed by atoms with Crippen LogP contribution in [0.2, 0.25) is 0 Å². The molecule has 1 aromatic heterocycles. The van der Waals surface area contributed by atoms with Gasteiger partial charge in [0, 0.05) is 37.4 Å². The summed E-state index contributed by atoms with van der Waals surface area (Å²) in [6.07, 6.45) is 0. The Balaban J connectivity index is 1.77. The molecule has 1 amide bonds. The zero-order valence-electron chi connectivity index (χ0n) is 15.6. The molecule has 1 saturated heterocycles. The highest BCUT2D eigenvalue weighted by atomic mass is 19.1. The second-order valence-electron chi connectivity index (χ2n) is 6.72. The van der Waals surface area contributed by atoms with E-state index in [9.17, 15) is 9.18 Å². The normalized spacial score (nSPS) is 16.0. The Morgan fingerprint density at radius 3 is 2.67 bits per heavy atom. The topological polar surface area (TPSA) is 75.2 Å². The number of halogens is 1. The van der Waals surface area contributed by atoms with Crippen LogP contribution in [0.3, 0.4) is 0 Å². The summed E-state index contributed by atoms with van der Waals surface area (Å²) in [5.41, 5.74) is 2.34. The molecule has 1 aliphatic rings. The van der Waals surface area contributed by atoms with Gasteiger partial charge in [-0.3, -0.25) is 4.79 Å². The van der Waals surface area contributed by atoms with Crippen molar-refractivity contribution in [1.82, 2.24) is 15.2 Å². The summed E-state index contributed by atoms with van der Waals surface area (Å²) in [6.45, 7) is 8.68. The summed E-state index contributed by atoms with van der Waals surface area (Å²) in [5, 5.41) is 11.8. The van der Waals surface area contributed by atoms with Crippen molar-refractivity contribution in [1.29, 1.82) is 5.26 Å². The molecule has 2 N–H and O–H groups in total. The number of H-pyrrole nitrogens is 1. The number of nitrogens with zero attached hydrogens (tertiary/aromatic N) is 3. The molecule has 6 nitrogen and oxygen atoms in total. The van der Waals surface area contributed by atoms with Crippen LogP contribution in [0, 0.1) is 17.1 Å². The first kappa shape index (κ1) is 18.9. The van der Waals surface area contributed by atoms with Crippen molar-refractivity contribution in [2.75, 3.05) is 37.6 Å². The molecule has 7 heteroatoms. The van der Waals surface area contributed by atoms with E-state index in [1.165, 1.54) is 12.1 Å². The van der Waals surface area contributed by atoms with Gasteiger partial charge in [-0.05, 0) is 43.8 Å². The van der Waals surface area contributed by atoms with Gasteiger partial charge in [-0.2, -0.15) is 5.26 Å². The summed E-state index contributed by atoms with van der Waals surface area (Å²) >= 11 is 0. The van der Waals surface area contributed by atoms with Crippen LogP contribution in [-0.4, -0.2) is 48.5 Å². The van der Waals surface area contributed by atoms with E-state index in [0.717, 1.165) is 44.0 Å². The Hall–Kier alpha value is -2.85. The number of hydrogen-bond donors (Lipinski definition) is 2. The van der Waals surface area contributed by atoms with Crippen molar-refractivity contribution in [2.24, 2.45) is 0 Å². The van der Waals surface area contributed by atoms with E-state index in [4.69, 9.17) is 5.26 Å². The Labute approximate surface area is 158 Å². The lowest BCUT2D eigenvalue weighted by molar-refractivity contribution is 0.0935. The predicted molar refractivity (Wildman–Crippen MR) is 102 cm³/mol. The molecule has 2 aromatic rings. The molecular weight excluding hydrogens is 345 g/mol. The number of nitrogens with one attached hydrogen (secondary N) is 2. The molecule has 1 aromatic carbocycles. The summed E-state index contributed by atoms with van der Waals surface area (Å²) < 4.78 is 13.9. The lowest BCUT2D eigenvalue weighted by Crippen LogP contribution is -2.46. The number of piperazine rings is 1. The van der Waals surface area contributed by atoms with Gasteiger partial charge in [0.2, 0.25) is 0 Å². The predicted octanol–water partition coefficient (Wildman–Crippen LogP) is 2.66. The van der Waals surface area contributed by atoms with Crippen molar-refractivity contribution in [3.05, 3.63) is 53.1 Å². The highest BCUT2D eigenvalue weighted by Crippen LogP contribution is 2.28. The van der Waals surface area contributed by atoms with Gasteiger partial charge in [-0.1, -0.05) is 6.92 Å². The minimum absolute atomic E-state index is 0.313. The minimum atomic E-state index is -0.374. The zero-order valence-corrected chi connectivity index (χ0v) is 15.6. The number of anilines is 1. The average molecular weight is 369 g/mol. The van der Waals surface area contributed by atoms with E-state index >= 15 is 0 Å². The lowest BCUT2D eigenvalue weighted by atomic mass is 10.0. The van der Waals surface area contributed by atoms with Gasteiger partial charge in [0.1, 0.15) is 23.3 Å². The fourth-order valence-corrected chi connectivity index (χ4v) is 3.41. The van der Waals surface area contributed by atoms with Gasteiger partial charge < -0.3 is 20.1 Å². The number of aromatic nitrogens is 1. The van der Waals surface area contributed by atoms with Crippen LogP contribution >= 0.6 is 0 Å². The maximum Gasteiger partial charge on any atom is 0.268 e. The number of aromatic amines is 1. The smallest absolute Gasteiger partial charge is 0.268 e. The molecule has 1 atom stereocenters. The van der Waals surface area contributed by atoms with Crippen LogP contribution in [0.15, 0.2) is 30.3 Å². The first-order chi connectivity index (χ1) is 13.0. The monoisotopic (exact) mass is 369 g/mol. The highest BCUT2D eigenvalue weighted by molar-refractivity contribution is 5.93. The number of hydrogen-bond acceptors (Lipinski definition) is 4. The maximum absolute atomic E-state index is 13.9. The fourth-order valence-electron chi connectivity index (χ4n) is 3.41. The third-order valence-corrected chi connectivity index (χ3v) is 5.01. The molecule has 0 saturated carbocycles. The molecule has 0 radical (unpaired) electrons. The Morgan fingerprint density at radius 1 is 1.30 bits per heavy atom. The summed E-state index contributed by atoms with van der Waals surface area (Å²) in [5.74, 6) is -0.649. The molecule has 0 aliphatic carbocycles. The lowest BCUT2D eigenvalue weighted by Gasteiger charge is -2.37. The fraction of sp³-hybridized carbons (Fsp3) is 0.400. The van der Waals surface area contributed by atoms with Gasteiger partial charge in [-0.15, -0.1) is 0 Å². The van der Waals surface area contributed by atoms with E-state index in [0.29, 0.717) is 11.4 Å². The Bertz CT molecular complexity index is 848. The number of amides is 1. The molecular formula is C20H24FN5O. The molecule has 27 heavy (non-hydrogen) atoms. The Kier molecular flexibility index (Phi) is 5.77. The van der Waals surface area contributed by atoms with Crippen LogP contribution in [0.1, 0.15) is 41.6 Å². The zero-order chi connectivity index (χ0) is 19.4. The van der Waals surface area contributed by atoms with E-state index in [1.807, 2.05) is 13.0 Å². The van der Waals surface area contributed by atoms with E-state index in [-0.39, 0.29) is 17.8 Å². The quantitative estimate of drug-likeness (QED) is 0.850. The van der Waals surface area contributed by atoms with E-state index < -0.39 is 0 Å². The van der Waals surface area contributed by atoms with Crippen molar-refractivity contribution in [3.8, 4) is 6.07 Å². The van der Waals surface area contributed by atoms with Crippen molar-refractivity contribution in [3.63, 3.8) is 0 Å². The summed E-state index contributed by atoms with van der Waals surface area (Å²) in [4.78, 5) is 19.8. The van der Waals surface area contributed by atoms with Crippen molar-refractivity contribution in [2.45, 2.75) is 19.9 Å².